The van der Waals surface area contributed by atoms with Gasteiger partial charge in [0.1, 0.15) is 0 Å². The van der Waals surface area contributed by atoms with Crippen molar-refractivity contribution < 1.29 is 19.1 Å². The van der Waals surface area contributed by atoms with E-state index in [9.17, 15) is 9.59 Å². The van der Waals surface area contributed by atoms with E-state index in [2.05, 4.69) is 46.2 Å². The van der Waals surface area contributed by atoms with E-state index in [4.69, 9.17) is 24.4 Å². The van der Waals surface area contributed by atoms with Gasteiger partial charge in [-0.05, 0) is 76.3 Å². The summed E-state index contributed by atoms with van der Waals surface area (Å²) < 4.78 is 11.3. The lowest BCUT2D eigenvalue weighted by Gasteiger charge is -2.45. The number of nitrogens with one attached hydrogen (secondary N) is 2. The molecule has 0 aliphatic carbocycles. The minimum atomic E-state index is -0.383. The summed E-state index contributed by atoms with van der Waals surface area (Å²) >= 11 is 0. The van der Waals surface area contributed by atoms with Gasteiger partial charge in [0.15, 0.2) is 5.82 Å². The number of piperazine rings is 1. The van der Waals surface area contributed by atoms with Crippen LogP contribution in [0.5, 0.6) is 0 Å². The lowest BCUT2D eigenvalue weighted by molar-refractivity contribution is 0.0311. The van der Waals surface area contributed by atoms with Crippen molar-refractivity contribution in [3.8, 4) is 11.4 Å². The number of likely N-dealkylation sites (N-methyl/N-ethyl adjacent to an activating group) is 1. The van der Waals surface area contributed by atoms with Crippen LogP contribution in [0.4, 0.5) is 28.1 Å². The fourth-order valence-electron chi connectivity index (χ4n) is 5.82. The highest BCUT2D eigenvalue weighted by molar-refractivity contribution is 6.00. The van der Waals surface area contributed by atoms with Crippen molar-refractivity contribution in [2.45, 2.75) is 32.4 Å². The summed E-state index contributed by atoms with van der Waals surface area (Å²) in [5.74, 6) is 1.82. The number of urea groups is 1. The summed E-state index contributed by atoms with van der Waals surface area (Å²) in [6.45, 7) is 13.3. The normalized spacial score (nSPS) is 20.3. The average Bonchev–Trinajstić information content (AvgIpc) is 3.06. The molecule has 3 amide bonds. The number of hydrogen-bond donors (Lipinski definition) is 2. The SMILES string of the molecule is CC1CN(c2nc(-c3ccc(NC(=O)Nc4ccc(C(=O)N5CCN(C)C(C)(C)C5)cc4)cc3)nc(N3CCOCC3)n2)CCO1. The molecule has 0 spiro atoms. The first-order valence-corrected chi connectivity index (χ1v) is 15.9. The Morgan fingerprint density at radius 1 is 0.804 bits per heavy atom. The van der Waals surface area contributed by atoms with Crippen LogP contribution in [0.15, 0.2) is 48.5 Å². The molecule has 13 nitrogen and oxygen atoms in total. The highest BCUT2D eigenvalue weighted by Crippen LogP contribution is 2.25. The minimum Gasteiger partial charge on any atom is -0.378 e. The highest BCUT2D eigenvalue weighted by atomic mass is 16.5. The molecule has 3 aromatic rings. The number of anilines is 4. The van der Waals surface area contributed by atoms with Crippen molar-refractivity contribution in [1.29, 1.82) is 0 Å². The molecule has 2 N–H and O–H groups in total. The van der Waals surface area contributed by atoms with Gasteiger partial charge in [0.05, 0.1) is 25.9 Å². The molecule has 1 unspecified atom stereocenters. The zero-order chi connectivity index (χ0) is 32.3. The number of aromatic nitrogens is 3. The van der Waals surface area contributed by atoms with E-state index < -0.39 is 0 Å². The van der Waals surface area contributed by atoms with E-state index >= 15 is 0 Å². The monoisotopic (exact) mass is 629 g/mol. The van der Waals surface area contributed by atoms with Crippen LogP contribution >= 0.6 is 0 Å². The number of rotatable bonds is 6. The van der Waals surface area contributed by atoms with Crippen LogP contribution in [-0.2, 0) is 9.47 Å². The summed E-state index contributed by atoms with van der Waals surface area (Å²) in [6.07, 6.45) is 0.0902. The van der Waals surface area contributed by atoms with Crippen molar-refractivity contribution in [3.63, 3.8) is 0 Å². The van der Waals surface area contributed by atoms with E-state index in [0.717, 1.165) is 12.1 Å². The minimum absolute atomic E-state index is 0.000803. The summed E-state index contributed by atoms with van der Waals surface area (Å²) in [5, 5.41) is 5.72. The van der Waals surface area contributed by atoms with E-state index in [1.807, 2.05) is 36.1 Å². The summed E-state index contributed by atoms with van der Waals surface area (Å²) in [5.41, 5.74) is 2.55. The standard InChI is InChI=1S/C33H43N9O4/c1-23-21-41(17-20-46-23)31-37-28(36-30(38-31)40-15-18-45-19-16-40)24-5-9-26(10-6-24)34-32(44)35-27-11-7-25(8-12-27)29(43)42-14-13-39(4)33(2,3)22-42/h5-12,23H,13-22H2,1-4H3,(H2,34,35,44). The van der Waals surface area contributed by atoms with E-state index in [-0.39, 0.29) is 23.6 Å². The maximum atomic E-state index is 13.1. The molecule has 3 fully saturated rings. The number of hydrogen-bond acceptors (Lipinski definition) is 10. The molecule has 6 rings (SSSR count). The molecule has 1 atom stereocenters. The van der Waals surface area contributed by atoms with Crippen molar-refractivity contribution in [1.82, 2.24) is 24.8 Å². The Bertz CT molecular complexity index is 1530. The van der Waals surface area contributed by atoms with Crippen LogP contribution in [-0.4, -0.2) is 121 Å². The second kappa shape index (κ2) is 13.6. The third kappa shape index (κ3) is 7.38. The highest BCUT2D eigenvalue weighted by Gasteiger charge is 2.33. The van der Waals surface area contributed by atoms with E-state index in [1.54, 1.807) is 24.3 Å². The molecule has 244 valence electrons. The van der Waals surface area contributed by atoms with Gasteiger partial charge in [0.2, 0.25) is 11.9 Å². The molecule has 46 heavy (non-hydrogen) atoms. The van der Waals surface area contributed by atoms with E-state index in [1.165, 1.54) is 0 Å². The lowest BCUT2D eigenvalue weighted by Crippen LogP contribution is -2.58. The van der Waals surface area contributed by atoms with Gasteiger partial charge in [-0.3, -0.25) is 9.69 Å². The first-order valence-electron chi connectivity index (χ1n) is 15.9. The van der Waals surface area contributed by atoms with Crippen molar-refractivity contribution in [2.24, 2.45) is 0 Å². The Morgan fingerprint density at radius 2 is 1.41 bits per heavy atom. The van der Waals surface area contributed by atoms with Crippen LogP contribution < -0.4 is 20.4 Å². The summed E-state index contributed by atoms with van der Waals surface area (Å²) in [6, 6.07) is 14.0. The van der Waals surface area contributed by atoms with Gasteiger partial charge in [-0.25, -0.2) is 4.79 Å². The molecule has 3 aliphatic rings. The molecular formula is C33H43N9O4. The predicted octanol–water partition coefficient (Wildman–Crippen LogP) is 3.41. The zero-order valence-corrected chi connectivity index (χ0v) is 27.0. The molecule has 4 heterocycles. The zero-order valence-electron chi connectivity index (χ0n) is 27.0. The van der Waals surface area contributed by atoms with Crippen LogP contribution in [0.2, 0.25) is 0 Å². The second-order valence-corrected chi connectivity index (χ2v) is 12.7. The van der Waals surface area contributed by atoms with Crippen LogP contribution in [0.25, 0.3) is 11.4 Å². The third-order valence-electron chi connectivity index (χ3n) is 8.82. The Kier molecular flexibility index (Phi) is 9.34. The van der Waals surface area contributed by atoms with Crippen LogP contribution in [0, 0.1) is 0 Å². The largest absolute Gasteiger partial charge is 0.378 e. The van der Waals surface area contributed by atoms with Gasteiger partial charge in [-0.2, -0.15) is 15.0 Å². The number of nitrogens with zero attached hydrogens (tertiary/aromatic N) is 7. The smallest absolute Gasteiger partial charge is 0.323 e. The molecule has 2 aromatic carbocycles. The Labute approximate surface area is 269 Å². The predicted molar refractivity (Wildman–Crippen MR) is 178 cm³/mol. The van der Waals surface area contributed by atoms with E-state index in [0.29, 0.717) is 93.7 Å². The molecule has 13 heteroatoms. The first kappa shape index (κ1) is 31.6. The Hall–Kier alpha value is -4.33. The maximum absolute atomic E-state index is 13.1. The third-order valence-corrected chi connectivity index (χ3v) is 8.82. The Balaban J connectivity index is 1.10. The topological polar surface area (TPSA) is 128 Å². The average molecular weight is 630 g/mol. The van der Waals surface area contributed by atoms with Crippen LogP contribution in [0.1, 0.15) is 31.1 Å². The van der Waals surface area contributed by atoms with Crippen molar-refractivity contribution >= 4 is 35.2 Å². The van der Waals surface area contributed by atoms with Crippen molar-refractivity contribution in [2.75, 3.05) is 93.1 Å². The molecule has 3 aliphatic heterocycles. The number of ether oxygens (including phenoxy) is 2. The van der Waals surface area contributed by atoms with Gasteiger partial charge in [-0.15, -0.1) is 0 Å². The first-order chi connectivity index (χ1) is 22.1. The van der Waals surface area contributed by atoms with Gasteiger partial charge < -0.3 is 34.8 Å². The second-order valence-electron chi connectivity index (χ2n) is 12.7. The molecule has 1 aromatic heterocycles. The quantitative estimate of drug-likeness (QED) is 0.419. The fraction of sp³-hybridized carbons (Fsp3) is 0.485. The molecule has 0 bridgehead atoms. The summed E-state index contributed by atoms with van der Waals surface area (Å²) in [7, 11) is 2.09. The van der Waals surface area contributed by atoms with Gasteiger partial charge >= 0.3 is 6.03 Å². The van der Waals surface area contributed by atoms with Crippen LogP contribution in [0.3, 0.4) is 0 Å². The molecule has 0 radical (unpaired) electrons. The molecule has 3 saturated heterocycles. The number of morpholine rings is 2. The number of carbonyl (C=O) groups is 2. The Morgan fingerprint density at radius 3 is 2.04 bits per heavy atom. The molecular weight excluding hydrogens is 586 g/mol. The maximum Gasteiger partial charge on any atom is 0.323 e. The van der Waals surface area contributed by atoms with Crippen molar-refractivity contribution in [3.05, 3.63) is 54.1 Å². The number of carbonyl (C=O) groups excluding carboxylic acids is 2. The lowest BCUT2D eigenvalue weighted by atomic mass is 9.99. The number of benzene rings is 2. The molecule has 0 saturated carbocycles. The van der Waals surface area contributed by atoms with Gasteiger partial charge in [0, 0.05) is 73.9 Å². The van der Waals surface area contributed by atoms with Gasteiger partial charge in [-0.1, -0.05) is 0 Å². The number of amides is 3. The summed E-state index contributed by atoms with van der Waals surface area (Å²) in [4.78, 5) is 48.8. The fourth-order valence-corrected chi connectivity index (χ4v) is 5.82. The van der Waals surface area contributed by atoms with Gasteiger partial charge in [0.25, 0.3) is 5.91 Å².